The van der Waals surface area contributed by atoms with Crippen LogP contribution in [0.25, 0.3) is 0 Å². The summed E-state index contributed by atoms with van der Waals surface area (Å²) in [5, 5.41) is 3.79. The first kappa shape index (κ1) is 13.2. The van der Waals surface area contributed by atoms with Gasteiger partial charge in [0.05, 0.1) is 0 Å². The van der Waals surface area contributed by atoms with E-state index in [4.69, 9.17) is 0 Å². The molecule has 17 heavy (non-hydrogen) atoms. The average molecular weight is 268 g/mol. The fourth-order valence-corrected chi connectivity index (χ4v) is 4.47. The van der Waals surface area contributed by atoms with E-state index in [1.54, 1.807) is 0 Å². The number of pyridine rings is 1. The Hall–Kier alpha value is -0.190. The van der Waals surface area contributed by atoms with Gasteiger partial charge in [-0.25, -0.2) is 0 Å². The second-order valence-corrected chi connectivity index (χ2v) is 6.55. The van der Waals surface area contributed by atoms with Crippen molar-refractivity contribution in [3.05, 3.63) is 30.1 Å². The Kier molecular flexibility index (Phi) is 5.68. The summed E-state index contributed by atoms with van der Waals surface area (Å²) < 4.78 is 0. The number of hydrogen-bond donors (Lipinski definition) is 1. The molecule has 0 saturated carbocycles. The largest absolute Gasteiger partial charge is 0.306 e. The van der Waals surface area contributed by atoms with Gasteiger partial charge < -0.3 is 5.32 Å². The van der Waals surface area contributed by atoms with Gasteiger partial charge in [-0.05, 0) is 24.1 Å². The third-order valence-electron chi connectivity index (χ3n) is 2.96. The molecule has 0 spiro atoms. The summed E-state index contributed by atoms with van der Waals surface area (Å²) in [6.45, 7) is 2.25. The number of rotatable bonds is 4. The van der Waals surface area contributed by atoms with Crippen molar-refractivity contribution >= 4 is 23.5 Å². The second kappa shape index (κ2) is 7.29. The third-order valence-corrected chi connectivity index (χ3v) is 5.48. The van der Waals surface area contributed by atoms with Crippen LogP contribution in [-0.4, -0.2) is 34.0 Å². The van der Waals surface area contributed by atoms with Gasteiger partial charge in [-0.1, -0.05) is 6.92 Å². The van der Waals surface area contributed by atoms with Crippen LogP contribution in [-0.2, 0) is 0 Å². The molecule has 2 nitrogen and oxygen atoms in total. The van der Waals surface area contributed by atoms with Crippen molar-refractivity contribution in [1.29, 1.82) is 0 Å². The summed E-state index contributed by atoms with van der Waals surface area (Å²) in [6, 6.07) is 5.36. The van der Waals surface area contributed by atoms with Crippen LogP contribution in [0.2, 0.25) is 0 Å². The highest BCUT2D eigenvalue weighted by Crippen LogP contribution is 2.21. The van der Waals surface area contributed by atoms with Crippen LogP contribution in [0.1, 0.15) is 24.9 Å². The second-order valence-electron chi connectivity index (χ2n) is 4.25. The van der Waals surface area contributed by atoms with Gasteiger partial charge in [0, 0.05) is 47.5 Å². The lowest BCUT2D eigenvalue weighted by Gasteiger charge is -2.23. The number of nitrogens with one attached hydrogen (secondary N) is 1. The highest BCUT2D eigenvalue weighted by atomic mass is 32.2. The molecule has 0 aromatic carbocycles. The summed E-state index contributed by atoms with van der Waals surface area (Å²) >= 11 is 4.15. The Morgan fingerprint density at radius 1 is 1.29 bits per heavy atom. The average Bonchev–Trinajstić information content (AvgIpc) is 2.65. The summed E-state index contributed by atoms with van der Waals surface area (Å²) in [5.74, 6) is 5.09. The number of aromatic nitrogens is 1. The van der Waals surface area contributed by atoms with Crippen LogP contribution in [0, 0.1) is 0 Å². The predicted octanol–water partition coefficient (Wildman–Crippen LogP) is 2.97. The monoisotopic (exact) mass is 268 g/mol. The molecular formula is C13H20N2S2. The molecule has 2 heterocycles. The van der Waals surface area contributed by atoms with E-state index >= 15 is 0 Å². The smallest absolute Gasteiger partial charge is 0.0321 e. The van der Waals surface area contributed by atoms with E-state index in [9.17, 15) is 0 Å². The Bertz CT molecular complexity index is 310. The maximum absolute atomic E-state index is 4.09. The van der Waals surface area contributed by atoms with Crippen LogP contribution in [0.15, 0.2) is 24.5 Å². The normalized spacial score (nSPS) is 19.8. The van der Waals surface area contributed by atoms with E-state index < -0.39 is 0 Å². The highest BCUT2D eigenvalue weighted by molar-refractivity contribution is 8.03. The van der Waals surface area contributed by atoms with Crippen LogP contribution >= 0.6 is 23.5 Å². The van der Waals surface area contributed by atoms with Crippen LogP contribution in [0.4, 0.5) is 0 Å². The van der Waals surface area contributed by atoms with E-state index in [0.717, 1.165) is 6.42 Å². The SMILES string of the molecule is CC[C@H](NC1CSCCSC1)c1ccncc1. The molecule has 1 fully saturated rings. The molecule has 0 bridgehead atoms. The van der Waals surface area contributed by atoms with Gasteiger partial charge in [0.25, 0.3) is 0 Å². The lowest BCUT2D eigenvalue weighted by Crippen LogP contribution is -2.36. The summed E-state index contributed by atoms with van der Waals surface area (Å²) in [4.78, 5) is 4.09. The molecule has 0 radical (unpaired) electrons. The summed E-state index contributed by atoms with van der Waals surface area (Å²) in [6.07, 6.45) is 4.91. The first-order chi connectivity index (χ1) is 8.40. The maximum atomic E-state index is 4.09. The topological polar surface area (TPSA) is 24.9 Å². The van der Waals surface area contributed by atoms with Crippen molar-refractivity contribution in [3.8, 4) is 0 Å². The zero-order chi connectivity index (χ0) is 11.9. The number of nitrogens with zero attached hydrogens (tertiary/aromatic N) is 1. The molecule has 2 rings (SSSR count). The molecule has 4 heteroatoms. The fourth-order valence-electron chi connectivity index (χ4n) is 2.04. The van der Waals surface area contributed by atoms with Crippen molar-refractivity contribution in [2.45, 2.75) is 25.4 Å². The van der Waals surface area contributed by atoms with E-state index in [0.29, 0.717) is 12.1 Å². The van der Waals surface area contributed by atoms with Crippen molar-refractivity contribution in [2.24, 2.45) is 0 Å². The molecule has 1 aromatic rings. The van der Waals surface area contributed by atoms with Gasteiger partial charge in [-0.2, -0.15) is 23.5 Å². The van der Waals surface area contributed by atoms with Crippen molar-refractivity contribution in [1.82, 2.24) is 10.3 Å². The molecule has 94 valence electrons. The molecule has 1 aliphatic heterocycles. The third kappa shape index (κ3) is 4.19. The number of thioether (sulfide) groups is 2. The molecule has 1 atom stereocenters. The van der Waals surface area contributed by atoms with Crippen molar-refractivity contribution in [2.75, 3.05) is 23.0 Å². The Labute approximate surface area is 112 Å². The van der Waals surface area contributed by atoms with Crippen LogP contribution in [0.3, 0.4) is 0 Å². The lowest BCUT2D eigenvalue weighted by molar-refractivity contribution is 0.474. The maximum Gasteiger partial charge on any atom is 0.0321 e. The molecule has 1 aliphatic rings. The van der Waals surface area contributed by atoms with Gasteiger partial charge in [-0.3, -0.25) is 4.98 Å². The van der Waals surface area contributed by atoms with Gasteiger partial charge >= 0.3 is 0 Å². The van der Waals surface area contributed by atoms with Crippen molar-refractivity contribution in [3.63, 3.8) is 0 Å². The van der Waals surface area contributed by atoms with Crippen LogP contribution < -0.4 is 5.32 Å². The Morgan fingerprint density at radius 2 is 1.94 bits per heavy atom. The minimum absolute atomic E-state index is 0.474. The Morgan fingerprint density at radius 3 is 2.53 bits per heavy atom. The molecule has 1 saturated heterocycles. The zero-order valence-electron chi connectivity index (χ0n) is 10.3. The summed E-state index contributed by atoms with van der Waals surface area (Å²) in [5.41, 5.74) is 1.36. The van der Waals surface area contributed by atoms with E-state index in [1.165, 1.54) is 28.6 Å². The molecule has 1 N–H and O–H groups in total. The first-order valence-electron chi connectivity index (χ1n) is 6.21. The molecule has 1 aromatic heterocycles. The molecular weight excluding hydrogens is 248 g/mol. The fraction of sp³-hybridized carbons (Fsp3) is 0.615. The van der Waals surface area contributed by atoms with Crippen molar-refractivity contribution < 1.29 is 0 Å². The minimum atomic E-state index is 0.474. The molecule has 0 unspecified atom stereocenters. The standard InChI is InChI=1S/C13H20N2S2/c1-2-13(11-3-5-14-6-4-11)15-12-9-16-7-8-17-10-12/h3-6,12-13,15H,2,7-10H2,1H3/t13-/m0/s1. The Balaban J connectivity index is 1.94. The minimum Gasteiger partial charge on any atom is -0.306 e. The van der Waals surface area contributed by atoms with E-state index in [-0.39, 0.29) is 0 Å². The zero-order valence-corrected chi connectivity index (χ0v) is 11.9. The highest BCUT2D eigenvalue weighted by Gasteiger charge is 2.17. The first-order valence-corrected chi connectivity index (χ1v) is 8.52. The number of hydrogen-bond acceptors (Lipinski definition) is 4. The quantitative estimate of drug-likeness (QED) is 0.907. The summed E-state index contributed by atoms with van der Waals surface area (Å²) in [7, 11) is 0. The van der Waals surface area contributed by atoms with E-state index in [2.05, 4.69) is 52.9 Å². The predicted molar refractivity (Wildman–Crippen MR) is 78.8 cm³/mol. The van der Waals surface area contributed by atoms with Gasteiger partial charge in [0.1, 0.15) is 0 Å². The molecule has 0 amide bonds. The molecule has 0 aliphatic carbocycles. The van der Waals surface area contributed by atoms with Crippen LogP contribution in [0.5, 0.6) is 0 Å². The van der Waals surface area contributed by atoms with Gasteiger partial charge in [0.15, 0.2) is 0 Å². The van der Waals surface area contributed by atoms with Gasteiger partial charge in [0.2, 0.25) is 0 Å². The van der Waals surface area contributed by atoms with E-state index in [1.807, 2.05) is 12.4 Å². The van der Waals surface area contributed by atoms with Gasteiger partial charge in [-0.15, -0.1) is 0 Å². The lowest BCUT2D eigenvalue weighted by atomic mass is 10.1.